The predicted molar refractivity (Wildman–Crippen MR) is 64.5 cm³/mol. The van der Waals surface area contributed by atoms with Gasteiger partial charge in [-0.25, -0.2) is 0 Å². The third-order valence-electron chi connectivity index (χ3n) is 2.91. The molecule has 3 unspecified atom stereocenters. The first kappa shape index (κ1) is 13.1. The van der Waals surface area contributed by atoms with E-state index in [0.29, 0.717) is 18.6 Å². The monoisotopic (exact) mass is 233 g/mol. The molecule has 90 valence electrons. The number of ether oxygens (including phenoxy) is 1. The van der Waals surface area contributed by atoms with Gasteiger partial charge in [0.1, 0.15) is 0 Å². The van der Waals surface area contributed by atoms with E-state index in [-0.39, 0.29) is 5.25 Å². The first-order chi connectivity index (χ1) is 7.15. The van der Waals surface area contributed by atoms with Crippen molar-refractivity contribution in [1.29, 1.82) is 0 Å². The van der Waals surface area contributed by atoms with Crippen LogP contribution in [0.4, 0.5) is 0 Å². The highest BCUT2D eigenvalue weighted by molar-refractivity contribution is 7.85. The molecule has 1 aliphatic rings. The summed E-state index contributed by atoms with van der Waals surface area (Å²) in [5.41, 5.74) is 0. The van der Waals surface area contributed by atoms with Gasteiger partial charge >= 0.3 is 0 Å². The van der Waals surface area contributed by atoms with Gasteiger partial charge in [0, 0.05) is 29.2 Å². The minimum Gasteiger partial charge on any atom is -0.380 e. The lowest BCUT2D eigenvalue weighted by Gasteiger charge is -2.30. The maximum absolute atomic E-state index is 12.1. The van der Waals surface area contributed by atoms with Gasteiger partial charge in [-0.1, -0.05) is 13.8 Å². The lowest BCUT2D eigenvalue weighted by Crippen LogP contribution is -2.47. The van der Waals surface area contributed by atoms with Crippen molar-refractivity contribution in [2.45, 2.75) is 38.0 Å². The van der Waals surface area contributed by atoms with Gasteiger partial charge in [0.05, 0.1) is 11.9 Å². The van der Waals surface area contributed by atoms with Crippen LogP contribution in [0.5, 0.6) is 0 Å². The lowest BCUT2D eigenvalue weighted by atomic mass is 10.1. The summed E-state index contributed by atoms with van der Waals surface area (Å²) in [5, 5.41) is 3.43. The molecule has 1 fully saturated rings. The average molecular weight is 233 g/mol. The largest absolute Gasteiger partial charge is 0.380 e. The molecule has 0 aromatic heterocycles. The summed E-state index contributed by atoms with van der Waals surface area (Å²) in [4.78, 5) is 0. The van der Waals surface area contributed by atoms with Crippen LogP contribution >= 0.6 is 0 Å². The Morgan fingerprint density at radius 3 is 2.87 bits per heavy atom. The third-order valence-corrected chi connectivity index (χ3v) is 4.69. The standard InChI is InChI=1S/C11H23NO2S/c1-9(2)5-7-15(13)11-8-14-6-4-10(11)12-3/h9-12H,4-8H2,1-3H3. The van der Waals surface area contributed by atoms with Gasteiger partial charge < -0.3 is 10.1 Å². The molecule has 1 saturated heterocycles. The van der Waals surface area contributed by atoms with Gasteiger partial charge in [-0.3, -0.25) is 4.21 Å². The number of nitrogens with one attached hydrogen (secondary N) is 1. The van der Waals surface area contributed by atoms with E-state index >= 15 is 0 Å². The van der Waals surface area contributed by atoms with E-state index in [1.807, 2.05) is 7.05 Å². The Morgan fingerprint density at radius 2 is 2.27 bits per heavy atom. The Balaban J connectivity index is 2.41. The lowest BCUT2D eigenvalue weighted by molar-refractivity contribution is 0.0838. The Labute approximate surface area is 95.4 Å². The average Bonchev–Trinajstić information content (AvgIpc) is 2.25. The quantitative estimate of drug-likeness (QED) is 0.774. The van der Waals surface area contributed by atoms with Crippen LogP contribution in [0.2, 0.25) is 0 Å². The molecule has 0 aromatic rings. The first-order valence-electron chi connectivity index (χ1n) is 5.77. The molecule has 1 heterocycles. The van der Waals surface area contributed by atoms with Crippen LogP contribution in [0.3, 0.4) is 0 Å². The van der Waals surface area contributed by atoms with Crippen LogP contribution in [-0.4, -0.2) is 41.5 Å². The van der Waals surface area contributed by atoms with E-state index in [1.165, 1.54) is 0 Å². The SMILES string of the molecule is CNC1CCOCC1S(=O)CCC(C)C. The van der Waals surface area contributed by atoms with Gasteiger partial charge in [-0.05, 0) is 25.8 Å². The molecular formula is C11H23NO2S. The molecule has 0 amide bonds. The highest BCUT2D eigenvalue weighted by Crippen LogP contribution is 2.15. The molecule has 0 spiro atoms. The van der Waals surface area contributed by atoms with Crippen LogP contribution in [0, 0.1) is 5.92 Å². The van der Waals surface area contributed by atoms with Crippen LogP contribution < -0.4 is 5.32 Å². The van der Waals surface area contributed by atoms with E-state index in [1.54, 1.807) is 0 Å². The van der Waals surface area contributed by atoms with E-state index < -0.39 is 10.8 Å². The molecule has 0 aromatic carbocycles. The fourth-order valence-corrected chi connectivity index (χ4v) is 3.70. The van der Waals surface area contributed by atoms with Crippen molar-refractivity contribution in [3.05, 3.63) is 0 Å². The Bertz CT molecular complexity index is 209. The van der Waals surface area contributed by atoms with E-state index in [4.69, 9.17) is 4.74 Å². The molecule has 4 heteroatoms. The van der Waals surface area contributed by atoms with Crippen LogP contribution in [0.15, 0.2) is 0 Å². The van der Waals surface area contributed by atoms with E-state index in [0.717, 1.165) is 25.2 Å². The highest BCUT2D eigenvalue weighted by atomic mass is 32.2. The van der Waals surface area contributed by atoms with E-state index in [2.05, 4.69) is 19.2 Å². The van der Waals surface area contributed by atoms with Crippen molar-refractivity contribution >= 4 is 10.8 Å². The highest BCUT2D eigenvalue weighted by Gasteiger charge is 2.29. The zero-order valence-electron chi connectivity index (χ0n) is 9.99. The molecule has 1 N–H and O–H groups in total. The summed E-state index contributed by atoms with van der Waals surface area (Å²) in [6, 6.07) is 0.367. The Hall–Kier alpha value is 0.0700. The topological polar surface area (TPSA) is 38.3 Å². The summed E-state index contributed by atoms with van der Waals surface area (Å²) in [6.45, 7) is 5.79. The summed E-state index contributed by atoms with van der Waals surface area (Å²) in [7, 11) is 1.20. The predicted octanol–water partition coefficient (Wildman–Crippen LogP) is 1.16. The van der Waals surface area contributed by atoms with Crippen molar-refractivity contribution < 1.29 is 8.95 Å². The molecule has 1 rings (SSSR count). The molecule has 0 radical (unpaired) electrons. The van der Waals surface area contributed by atoms with Crippen LogP contribution in [-0.2, 0) is 15.5 Å². The normalized spacial score (nSPS) is 29.3. The Kier molecular flexibility index (Phi) is 5.79. The minimum absolute atomic E-state index is 0.183. The van der Waals surface area contributed by atoms with Crippen molar-refractivity contribution in [3.8, 4) is 0 Å². The number of hydrogen-bond acceptors (Lipinski definition) is 3. The molecular weight excluding hydrogens is 210 g/mol. The number of rotatable bonds is 5. The van der Waals surface area contributed by atoms with Crippen molar-refractivity contribution in [3.63, 3.8) is 0 Å². The van der Waals surface area contributed by atoms with Crippen molar-refractivity contribution in [2.24, 2.45) is 5.92 Å². The molecule has 0 aliphatic carbocycles. The van der Waals surface area contributed by atoms with Gasteiger partial charge in [-0.15, -0.1) is 0 Å². The fourth-order valence-electron chi connectivity index (χ4n) is 1.80. The summed E-state index contributed by atoms with van der Waals surface area (Å²) >= 11 is 0. The maximum Gasteiger partial charge on any atom is 0.0735 e. The fraction of sp³-hybridized carbons (Fsp3) is 1.00. The van der Waals surface area contributed by atoms with Gasteiger partial charge in [-0.2, -0.15) is 0 Å². The van der Waals surface area contributed by atoms with Gasteiger partial charge in [0.15, 0.2) is 0 Å². The molecule has 3 nitrogen and oxygen atoms in total. The van der Waals surface area contributed by atoms with Crippen molar-refractivity contribution in [1.82, 2.24) is 5.32 Å². The van der Waals surface area contributed by atoms with E-state index in [9.17, 15) is 4.21 Å². The smallest absolute Gasteiger partial charge is 0.0735 e. The second-order valence-corrected chi connectivity index (χ2v) is 6.34. The maximum atomic E-state index is 12.1. The zero-order chi connectivity index (χ0) is 11.3. The van der Waals surface area contributed by atoms with Crippen LogP contribution in [0.25, 0.3) is 0 Å². The minimum atomic E-state index is -0.744. The molecule has 0 bridgehead atoms. The first-order valence-corrected chi connectivity index (χ1v) is 7.15. The van der Waals surface area contributed by atoms with Crippen molar-refractivity contribution in [2.75, 3.05) is 26.0 Å². The summed E-state index contributed by atoms with van der Waals surface area (Å²) in [6.07, 6.45) is 2.02. The van der Waals surface area contributed by atoms with Gasteiger partial charge in [0.25, 0.3) is 0 Å². The second kappa shape index (κ2) is 6.61. The van der Waals surface area contributed by atoms with Crippen LogP contribution in [0.1, 0.15) is 26.7 Å². The van der Waals surface area contributed by atoms with Gasteiger partial charge in [0.2, 0.25) is 0 Å². The summed E-state index contributed by atoms with van der Waals surface area (Å²) in [5.74, 6) is 1.44. The molecule has 0 saturated carbocycles. The molecule has 15 heavy (non-hydrogen) atoms. The molecule has 1 aliphatic heterocycles. The summed E-state index contributed by atoms with van der Waals surface area (Å²) < 4.78 is 17.5. The Morgan fingerprint density at radius 1 is 1.53 bits per heavy atom. The number of hydrogen-bond donors (Lipinski definition) is 1. The zero-order valence-corrected chi connectivity index (χ0v) is 10.8. The third kappa shape index (κ3) is 4.21. The second-order valence-electron chi connectivity index (χ2n) is 4.56. The molecule has 3 atom stereocenters.